The van der Waals surface area contributed by atoms with Crippen molar-refractivity contribution in [3.63, 3.8) is 0 Å². The topological polar surface area (TPSA) is 98.5 Å². The normalized spacial score (nSPS) is 11.4. The van der Waals surface area contributed by atoms with Crippen LogP contribution < -0.4 is 15.2 Å². The van der Waals surface area contributed by atoms with Crippen molar-refractivity contribution in [2.75, 3.05) is 19.4 Å². The monoisotopic (exact) mass is 398 g/mol. The second-order valence-corrected chi connectivity index (χ2v) is 8.27. The number of sulfonamides is 1. The van der Waals surface area contributed by atoms with Gasteiger partial charge in [0.2, 0.25) is 10.0 Å². The number of hydrogen-bond donors (Lipinski definition) is 2. The average Bonchev–Trinajstić information content (AvgIpc) is 2.66. The largest absolute Gasteiger partial charge is 0.496 e. The lowest BCUT2D eigenvalue weighted by atomic mass is 9.93. The number of methoxy groups -OCH3 is 1. The second-order valence-electron chi connectivity index (χ2n) is 6.53. The number of amides is 1. The van der Waals surface area contributed by atoms with Gasteiger partial charge in [-0.15, -0.1) is 0 Å². The Morgan fingerprint density at radius 2 is 1.75 bits per heavy atom. The predicted molar refractivity (Wildman–Crippen MR) is 111 cm³/mol. The van der Waals surface area contributed by atoms with Crippen LogP contribution in [0.25, 0.3) is 21.9 Å². The van der Waals surface area contributed by atoms with Gasteiger partial charge in [0, 0.05) is 17.7 Å². The Bertz CT molecular complexity index is 1140. The molecule has 0 aromatic heterocycles. The van der Waals surface area contributed by atoms with E-state index in [1.807, 2.05) is 55.5 Å². The molecule has 28 heavy (non-hydrogen) atoms. The second kappa shape index (κ2) is 8.00. The van der Waals surface area contributed by atoms with Gasteiger partial charge >= 0.3 is 0 Å². The molecule has 3 rings (SSSR count). The number of carbonyl (C=O) groups is 1. The van der Waals surface area contributed by atoms with Gasteiger partial charge in [-0.2, -0.15) is 0 Å². The van der Waals surface area contributed by atoms with Crippen LogP contribution in [-0.2, 0) is 10.0 Å². The van der Waals surface area contributed by atoms with Gasteiger partial charge in [0.05, 0.1) is 12.9 Å². The molecule has 0 bridgehead atoms. The van der Waals surface area contributed by atoms with E-state index in [-0.39, 0.29) is 18.2 Å². The molecule has 0 unspecified atom stereocenters. The summed E-state index contributed by atoms with van der Waals surface area (Å²) in [6.07, 6.45) is 0. The molecular formula is C21H22N2O4S. The minimum absolute atomic E-state index is 0.0422. The van der Waals surface area contributed by atoms with Crippen molar-refractivity contribution in [3.8, 4) is 16.9 Å². The van der Waals surface area contributed by atoms with Crippen LogP contribution in [-0.4, -0.2) is 33.7 Å². The third kappa shape index (κ3) is 4.32. The fraction of sp³-hybridized carbons (Fsp3) is 0.190. The van der Waals surface area contributed by atoms with Gasteiger partial charge in [0.1, 0.15) is 5.75 Å². The van der Waals surface area contributed by atoms with Crippen LogP contribution in [0.5, 0.6) is 5.75 Å². The molecule has 6 nitrogen and oxygen atoms in total. The van der Waals surface area contributed by atoms with E-state index in [1.165, 1.54) is 0 Å². The smallest absolute Gasteiger partial charge is 0.251 e. The van der Waals surface area contributed by atoms with E-state index in [2.05, 4.69) is 5.32 Å². The molecule has 3 aromatic carbocycles. The number of benzene rings is 3. The highest BCUT2D eigenvalue weighted by molar-refractivity contribution is 7.89. The number of nitrogens with two attached hydrogens (primary N) is 1. The van der Waals surface area contributed by atoms with Crippen LogP contribution >= 0.6 is 0 Å². The number of fused-ring (bicyclic) bond motifs is 1. The number of primary sulfonamides is 1. The fourth-order valence-corrected chi connectivity index (χ4v) is 3.55. The third-order valence-electron chi connectivity index (χ3n) is 4.49. The van der Waals surface area contributed by atoms with Crippen molar-refractivity contribution < 1.29 is 17.9 Å². The van der Waals surface area contributed by atoms with E-state index in [1.54, 1.807) is 13.2 Å². The highest BCUT2D eigenvalue weighted by atomic mass is 32.2. The first-order valence-electron chi connectivity index (χ1n) is 8.75. The zero-order valence-corrected chi connectivity index (χ0v) is 16.5. The SMILES string of the molecule is COc1ccc(C)cc1-c1ccc(C(=O)NCCS(N)(=O)=O)c2ccccc12. The summed E-state index contributed by atoms with van der Waals surface area (Å²) >= 11 is 0. The summed E-state index contributed by atoms with van der Waals surface area (Å²) in [6.45, 7) is 1.97. The van der Waals surface area contributed by atoms with Crippen molar-refractivity contribution in [2.24, 2.45) is 5.14 Å². The Kier molecular flexibility index (Phi) is 5.67. The Balaban J connectivity index is 2.05. The maximum absolute atomic E-state index is 12.6. The lowest BCUT2D eigenvalue weighted by molar-refractivity contribution is 0.0958. The molecule has 0 saturated heterocycles. The summed E-state index contributed by atoms with van der Waals surface area (Å²) in [5, 5.41) is 9.28. The van der Waals surface area contributed by atoms with E-state index in [9.17, 15) is 13.2 Å². The van der Waals surface area contributed by atoms with Crippen LogP contribution in [0, 0.1) is 6.92 Å². The Morgan fingerprint density at radius 1 is 1.04 bits per heavy atom. The summed E-state index contributed by atoms with van der Waals surface area (Å²) in [5.74, 6) is 0.0959. The molecular weight excluding hydrogens is 376 g/mol. The number of aryl methyl sites for hydroxylation is 1. The van der Waals surface area contributed by atoms with E-state index in [0.717, 1.165) is 33.2 Å². The summed E-state index contributed by atoms with van der Waals surface area (Å²) in [7, 11) is -2.00. The minimum atomic E-state index is -3.63. The van der Waals surface area contributed by atoms with E-state index >= 15 is 0 Å². The van der Waals surface area contributed by atoms with Crippen molar-refractivity contribution in [2.45, 2.75) is 6.92 Å². The first kappa shape index (κ1) is 19.9. The van der Waals surface area contributed by atoms with Gasteiger partial charge < -0.3 is 10.1 Å². The molecule has 0 radical (unpaired) electrons. The molecule has 0 spiro atoms. The number of carbonyl (C=O) groups excluding carboxylic acids is 1. The molecule has 1 amide bonds. The number of hydrogen-bond acceptors (Lipinski definition) is 4. The van der Waals surface area contributed by atoms with Crippen molar-refractivity contribution in [3.05, 3.63) is 65.7 Å². The molecule has 0 heterocycles. The van der Waals surface area contributed by atoms with E-state index in [0.29, 0.717) is 5.56 Å². The Hall–Kier alpha value is -2.90. The quantitative estimate of drug-likeness (QED) is 0.667. The standard InChI is InChI=1S/C21H22N2O4S/c1-14-7-10-20(27-2)19(13-14)17-8-9-18(16-6-4-3-5-15(16)17)21(24)23-11-12-28(22,25)26/h3-10,13H,11-12H2,1-2H3,(H,23,24)(H2,22,25,26). The molecule has 3 N–H and O–H groups in total. The Morgan fingerprint density at radius 3 is 2.43 bits per heavy atom. The van der Waals surface area contributed by atoms with Crippen molar-refractivity contribution in [1.29, 1.82) is 0 Å². The van der Waals surface area contributed by atoms with Crippen LogP contribution in [0.3, 0.4) is 0 Å². The molecule has 7 heteroatoms. The molecule has 146 valence electrons. The van der Waals surface area contributed by atoms with Gasteiger partial charge in [0.15, 0.2) is 0 Å². The number of ether oxygens (including phenoxy) is 1. The number of nitrogens with one attached hydrogen (secondary N) is 1. The molecule has 0 aliphatic rings. The lowest BCUT2D eigenvalue weighted by Gasteiger charge is -2.15. The van der Waals surface area contributed by atoms with Gasteiger partial charge in [-0.25, -0.2) is 13.6 Å². The maximum atomic E-state index is 12.6. The summed E-state index contributed by atoms with van der Waals surface area (Å²) < 4.78 is 27.6. The van der Waals surface area contributed by atoms with Gasteiger partial charge in [0.25, 0.3) is 5.91 Å². The zero-order valence-electron chi connectivity index (χ0n) is 15.7. The van der Waals surface area contributed by atoms with Gasteiger partial charge in [-0.1, -0.05) is 42.0 Å². The molecule has 0 saturated carbocycles. The molecule has 3 aromatic rings. The zero-order chi connectivity index (χ0) is 20.3. The van der Waals surface area contributed by atoms with Gasteiger partial charge in [-0.05, 0) is 41.5 Å². The molecule has 0 fully saturated rings. The fourth-order valence-electron chi connectivity index (χ4n) is 3.17. The molecule has 0 aliphatic carbocycles. The summed E-state index contributed by atoms with van der Waals surface area (Å²) in [6, 6.07) is 17.2. The summed E-state index contributed by atoms with van der Waals surface area (Å²) in [5.41, 5.74) is 3.47. The Labute approximate surface area is 164 Å². The highest BCUT2D eigenvalue weighted by Gasteiger charge is 2.16. The van der Waals surface area contributed by atoms with E-state index < -0.39 is 10.0 Å². The first-order valence-corrected chi connectivity index (χ1v) is 10.5. The first-order chi connectivity index (χ1) is 13.3. The van der Waals surface area contributed by atoms with Crippen LogP contribution in [0.15, 0.2) is 54.6 Å². The maximum Gasteiger partial charge on any atom is 0.251 e. The minimum Gasteiger partial charge on any atom is -0.496 e. The number of rotatable bonds is 6. The van der Waals surface area contributed by atoms with Crippen molar-refractivity contribution in [1.82, 2.24) is 5.32 Å². The van der Waals surface area contributed by atoms with Crippen LogP contribution in [0.1, 0.15) is 15.9 Å². The molecule has 0 atom stereocenters. The predicted octanol–water partition coefficient (Wildman–Crippen LogP) is 2.84. The molecule has 0 aliphatic heterocycles. The third-order valence-corrected chi connectivity index (χ3v) is 5.26. The summed E-state index contributed by atoms with van der Waals surface area (Å²) in [4.78, 5) is 12.6. The van der Waals surface area contributed by atoms with Gasteiger partial charge in [-0.3, -0.25) is 4.79 Å². The van der Waals surface area contributed by atoms with E-state index in [4.69, 9.17) is 9.88 Å². The van der Waals surface area contributed by atoms with Crippen LogP contribution in [0.4, 0.5) is 0 Å². The van der Waals surface area contributed by atoms with Crippen LogP contribution in [0.2, 0.25) is 0 Å². The average molecular weight is 398 g/mol. The van der Waals surface area contributed by atoms with Crippen molar-refractivity contribution >= 4 is 26.7 Å². The lowest BCUT2D eigenvalue weighted by Crippen LogP contribution is -2.31. The highest BCUT2D eigenvalue weighted by Crippen LogP contribution is 2.36.